The standard InChI is InChI=1S/C23H35N7O3S/c1-4-34(31,32)30-16-7-5-8-17(30)13-18(12-16)29(3)23-24-19(20-9-6-10-33-20)14-21(26-23)25-22-11-15(2)27-28-22/h11,14,16-18,20H,4-10,12-13H2,1-3H3,(H2,24,25,26,27,28)/t16-,17+,18+,20?. The lowest BCUT2D eigenvalue weighted by molar-refractivity contribution is 0.107. The Morgan fingerprint density at radius 1 is 1.15 bits per heavy atom. The number of rotatable bonds is 7. The molecule has 1 unspecified atom stereocenters. The van der Waals surface area contributed by atoms with Crippen molar-refractivity contribution in [1.82, 2.24) is 24.5 Å². The molecule has 2 N–H and O–H groups in total. The molecule has 3 saturated heterocycles. The van der Waals surface area contributed by atoms with Crippen LogP contribution in [0.1, 0.15) is 69.4 Å². The number of hydrogen-bond acceptors (Lipinski definition) is 8. The molecule has 4 atom stereocenters. The lowest BCUT2D eigenvalue weighted by atomic mass is 9.83. The minimum atomic E-state index is -3.20. The number of hydrogen-bond donors (Lipinski definition) is 2. The van der Waals surface area contributed by atoms with Crippen LogP contribution in [0.25, 0.3) is 0 Å². The van der Waals surface area contributed by atoms with E-state index in [1.165, 1.54) is 0 Å². The van der Waals surface area contributed by atoms with Crippen molar-refractivity contribution >= 4 is 27.6 Å². The number of sulfonamides is 1. The van der Waals surface area contributed by atoms with Crippen LogP contribution in [0.4, 0.5) is 17.6 Å². The molecule has 10 nitrogen and oxygen atoms in total. The Morgan fingerprint density at radius 2 is 1.91 bits per heavy atom. The van der Waals surface area contributed by atoms with Crippen LogP contribution >= 0.6 is 0 Å². The monoisotopic (exact) mass is 489 g/mol. The van der Waals surface area contributed by atoms with E-state index >= 15 is 0 Å². The third-order valence-corrected chi connectivity index (χ3v) is 9.36. The van der Waals surface area contributed by atoms with E-state index in [0.29, 0.717) is 17.6 Å². The van der Waals surface area contributed by atoms with Crippen LogP contribution in [0, 0.1) is 6.92 Å². The van der Waals surface area contributed by atoms with E-state index in [9.17, 15) is 8.42 Å². The van der Waals surface area contributed by atoms with Crippen molar-refractivity contribution in [3.05, 3.63) is 23.5 Å². The molecule has 0 aliphatic carbocycles. The van der Waals surface area contributed by atoms with Crippen LogP contribution < -0.4 is 10.2 Å². The highest BCUT2D eigenvalue weighted by molar-refractivity contribution is 7.89. The molecule has 0 saturated carbocycles. The highest BCUT2D eigenvalue weighted by Crippen LogP contribution is 2.39. The Morgan fingerprint density at radius 3 is 2.53 bits per heavy atom. The van der Waals surface area contributed by atoms with E-state index in [1.54, 1.807) is 6.92 Å². The van der Waals surface area contributed by atoms with E-state index < -0.39 is 10.0 Å². The van der Waals surface area contributed by atoms with Gasteiger partial charge in [-0.3, -0.25) is 5.10 Å². The van der Waals surface area contributed by atoms with E-state index in [1.807, 2.05) is 30.4 Å². The van der Waals surface area contributed by atoms with E-state index in [4.69, 9.17) is 14.7 Å². The van der Waals surface area contributed by atoms with Gasteiger partial charge in [0, 0.05) is 49.6 Å². The number of aryl methyl sites for hydroxylation is 1. The molecule has 5 heterocycles. The van der Waals surface area contributed by atoms with E-state index in [0.717, 1.165) is 62.9 Å². The van der Waals surface area contributed by atoms with Gasteiger partial charge in [-0.2, -0.15) is 14.4 Å². The predicted molar refractivity (Wildman–Crippen MR) is 131 cm³/mol. The number of fused-ring (bicyclic) bond motifs is 2. The SMILES string of the molecule is CCS(=O)(=O)N1[C@@H]2CCC[C@H]1C[C@@H](N(C)c1nc(Nc3cc(C)[nH]n3)cc(C3CCCO3)n1)C2. The largest absolute Gasteiger partial charge is 0.372 e. The van der Waals surface area contributed by atoms with Gasteiger partial charge in [0.15, 0.2) is 5.82 Å². The first-order valence-corrected chi connectivity index (χ1v) is 14.0. The molecule has 34 heavy (non-hydrogen) atoms. The van der Waals surface area contributed by atoms with Crippen LogP contribution in [-0.4, -0.2) is 70.4 Å². The summed E-state index contributed by atoms with van der Waals surface area (Å²) in [4.78, 5) is 11.9. The first-order chi connectivity index (χ1) is 16.3. The smallest absolute Gasteiger partial charge is 0.227 e. The highest BCUT2D eigenvalue weighted by atomic mass is 32.2. The molecule has 3 aliphatic heterocycles. The minimum absolute atomic E-state index is 0.0347. The summed E-state index contributed by atoms with van der Waals surface area (Å²) in [6, 6.07) is 4.16. The zero-order chi connectivity index (χ0) is 23.9. The Labute approximate surface area is 201 Å². The first-order valence-electron chi connectivity index (χ1n) is 12.4. The normalized spacial score (nSPS) is 27.6. The zero-order valence-corrected chi connectivity index (χ0v) is 21.0. The molecule has 2 aromatic heterocycles. The summed E-state index contributed by atoms with van der Waals surface area (Å²) in [6.07, 6.45) is 6.44. The lowest BCUT2D eigenvalue weighted by Gasteiger charge is -2.49. The van der Waals surface area contributed by atoms with Crippen molar-refractivity contribution < 1.29 is 13.2 Å². The molecular weight excluding hydrogens is 454 g/mol. The first kappa shape index (κ1) is 23.5. The fraction of sp³-hybridized carbons (Fsp3) is 0.696. The number of nitrogens with one attached hydrogen (secondary N) is 2. The second kappa shape index (κ2) is 9.43. The van der Waals surface area contributed by atoms with Gasteiger partial charge in [0.25, 0.3) is 0 Å². The fourth-order valence-corrected chi connectivity index (χ4v) is 7.25. The number of anilines is 3. The average Bonchev–Trinajstić information content (AvgIpc) is 3.49. The number of ether oxygens (including phenoxy) is 1. The molecule has 186 valence electrons. The Kier molecular flexibility index (Phi) is 6.51. The summed E-state index contributed by atoms with van der Waals surface area (Å²) < 4.78 is 33.3. The van der Waals surface area contributed by atoms with Crippen molar-refractivity contribution in [2.24, 2.45) is 0 Å². The average molecular weight is 490 g/mol. The molecule has 2 bridgehead atoms. The summed E-state index contributed by atoms with van der Waals surface area (Å²) >= 11 is 0. The molecular formula is C23H35N7O3S. The van der Waals surface area contributed by atoms with Crippen molar-refractivity contribution in [2.45, 2.75) is 83.0 Å². The summed E-state index contributed by atoms with van der Waals surface area (Å²) in [7, 11) is -1.17. The molecule has 3 aliphatic rings. The second-order valence-corrected chi connectivity index (χ2v) is 11.9. The number of aromatic nitrogens is 4. The summed E-state index contributed by atoms with van der Waals surface area (Å²) in [5.41, 5.74) is 1.84. The summed E-state index contributed by atoms with van der Waals surface area (Å²) in [6.45, 7) is 4.44. The second-order valence-electron chi connectivity index (χ2n) is 9.75. The third-order valence-electron chi connectivity index (χ3n) is 7.39. The van der Waals surface area contributed by atoms with Crippen molar-refractivity contribution in [1.29, 1.82) is 0 Å². The molecule has 2 aromatic rings. The van der Waals surface area contributed by atoms with Crippen LogP contribution in [0.3, 0.4) is 0 Å². The Bertz CT molecular complexity index is 1100. The van der Waals surface area contributed by atoms with Gasteiger partial charge in [-0.25, -0.2) is 13.4 Å². The minimum Gasteiger partial charge on any atom is -0.372 e. The van der Waals surface area contributed by atoms with Gasteiger partial charge < -0.3 is 15.0 Å². The van der Waals surface area contributed by atoms with Crippen LogP contribution in [0.15, 0.2) is 12.1 Å². The molecule has 0 amide bonds. The van der Waals surface area contributed by atoms with E-state index in [2.05, 4.69) is 20.4 Å². The third kappa shape index (κ3) is 4.65. The maximum atomic E-state index is 12.8. The van der Waals surface area contributed by atoms with Crippen molar-refractivity contribution in [3.8, 4) is 0 Å². The Balaban J connectivity index is 1.42. The van der Waals surface area contributed by atoms with Gasteiger partial charge in [-0.05, 0) is 52.4 Å². The zero-order valence-electron chi connectivity index (χ0n) is 20.2. The predicted octanol–water partition coefficient (Wildman–Crippen LogP) is 3.27. The molecule has 0 radical (unpaired) electrons. The molecule has 5 rings (SSSR count). The number of aromatic amines is 1. The molecule has 11 heteroatoms. The summed E-state index contributed by atoms with van der Waals surface area (Å²) in [5.74, 6) is 2.18. The van der Waals surface area contributed by atoms with Gasteiger partial charge in [0.2, 0.25) is 16.0 Å². The van der Waals surface area contributed by atoms with Gasteiger partial charge in [-0.1, -0.05) is 6.42 Å². The number of nitrogens with zero attached hydrogens (tertiary/aromatic N) is 5. The van der Waals surface area contributed by atoms with Crippen LogP contribution in [0.5, 0.6) is 0 Å². The lowest BCUT2D eigenvalue weighted by Crippen LogP contribution is -2.58. The van der Waals surface area contributed by atoms with Gasteiger partial charge in [-0.15, -0.1) is 0 Å². The van der Waals surface area contributed by atoms with Gasteiger partial charge in [0.1, 0.15) is 5.82 Å². The Hall–Kier alpha value is -2.24. The topological polar surface area (TPSA) is 116 Å². The fourth-order valence-electron chi connectivity index (χ4n) is 5.66. The molecule has 3 fully saturated rings. The van der Waals surface area contributed by atoms with E-state index in [-0.39, 0.29) is 30.0 Å². The van der Waals surface area contributed by atoms with Crippen molar-refractivity contribution in [2.75, 3.05) is 29.6 Å². The number of H-pyrrole nitrogens is 1. The summed E-state index contributed by atoms with van der Waals surface area (Å²) in [5, 5.41) is 10.5. The molecule has 0 spiro atoms. The highest BCUT2D eigenvalue weighted by Gasteiger charge is 2.45. The van der Waals surface area contributed by atoms with Crippen LogP contribution in [-0.2, 0) is 14.8 Å². The maximum absolute atomic E-state index is 12.8. The quantitative estimate of drug-likeness (QED) is 0.609. The molecule has 0 aromatic carbocycles. The maximum Gasteiger partial charge on any atom is 0.227 e. The van der Waals surface area contributed by atoms with Gasteiger partial charge in [0.05, 0.1) is 17.6 Å². The number of piperidine rings is 2. The van der Waals surface area contributed by atoms with Crippen molar-refractivity contribution in [3.63, 3.8) is 0 Å². The van der Waals surface area contributed by atoms with Crippen LogP contribution in [0.2, 0.25) is 0 Å². The van der Waals surface area contributed by atoms with Gasteiger partial charge >= 0.3 is 0 Å².